The summed E-state index contributed by atoms with van der Waals surface area (Å²) >= 11 is 5.82. The Kier molecular flexibility index (Phi) is 3.47. The third-order valence-corrected chi connectivity index (χ3v) is 2.82. The molecule has 0 spiro atoms. The average molecular weight is 268 g/mol. The van der Waals surface area contributed by atoms with Crippen molar-refractivity contribution in [3.8, 4) is 0 Å². The van der Waals surface area contributed by atoms with Gasteiger partial charge in [-0.2, -0.15) is 0 Å². The Bertz CT molecular complexity index is 616. The summed E-state index contributed by atoms with van der Waals surface area (Å²) < 4.78 is 3.34. The molecule has 0 N–H and O–H groups in total. The summed E-state index contributed by atoms with van der Waals surface area (Å²) in [5.74, 6) is 1.45. The highest BCUT2D eigenvalue weighted by molar-refractivity contribution is 6.29. The van der Waals surface area contributed by atoms with Crippen molar-refractivity contribution in [3.63, 3.8) is 0 Å². The molecule has 0 aliphatic carbocycles. The minimum Gasteiger partial charge on any atom is -0.319 e. The number of halogens is 1. The lowest BCUT2D eigenvalue weighted by Gasteiger charge is -2.13. The van der Waals surface area contributed by atoms with Gasteiger partial charge in [0, 0.05) is 19.0 Å². The van der Waals surface area contributed by atoms with Crippen LogP contribution in [0.1, 0.15) is 31.4 Å². The van der Waals surface area contributed by atoms with Gasteiger partial charge in [-0.05, 0) is 0 Å². The van der Waals surface area contributed by atoms with Crippen molar-refractivity contribution >= 4 is 11.6 Å². The van der Waals surface area contributed by atoms with Gasteiger partial charge in [0.05, 0.1) is 6.54 Å². The number of rotatable bonds is 3. The van der Waals surface area contributed by atoms with E-state index in [1.165, 1.54) is 6.07 Å². The van der Waals surface area contributed by atoms with E-state index < -0.39 is 0 Å². The molecule has 2 aromatic heterocycles. The number of aryl methyl sites for hydroxylation is 1. The zero-order valence-corrected chi connectivity index (χ0v) is 11.2. The van der Waals surface area contributed by atoms with Crippen LogP contribution in [0, 0.1) is 0 Å². The standard InChI is InChI=1S/C11H14ClN5O/c1-7(2)11-14-8(12)4-10(18)17(11)5-9-15-13-6-16(9)3/h4,6-7H,5H2,1-3H3. The Balaban J connectivity index is 2.50. The normalized spacial score (nSPS) is 11.2. The van der Waals surface area contributed by atoms with E-state index in [0.29, 0.717) is 18.2 Å². The van der Waals surface area contributed by atoms with Crippen molar-refractivity contribution < 1.29 is 0 Å². The molecule has 0 amide bonds. The molecule has 2 rings (SSSR count). The van der Waals surface area contributed by atoms with Crippen LogP contribution in [-0.2, 0) is 13.6 Å². The van der Waals surface area contributed by atoms with Crippen LogP contribution in [-0.4, -0.2) is 24.3 Å². The summed E-state index contributed by atoms with van der Waals surface area (Å²) in [6.07, 6.45) is 1.60. The lowest BCUT2D eigenvalue weighted by Crippen LogP contribution is -2.26. The van der Waals surface area contributed by atoms with Crippen LogP contribution in [0.25, 0.3) is 0 Å². The highest BCUT2D eigenvalue weighted by atomic mass is 35.5. The molecule has 0 radical (unpaired) electrons. The van der Waals surface area contributed by atoms with E-state index in [-0.39, 0.29) is 16.6 Å². The molecule has 96 valence electrons. The van der Waals surface area contributed by atoms with Gasteiger partial charge in [-0.1, -0.05) is 25.4 Å². The van der Waals surface area contributed by atoms with Crippen LogP contribution in [0.2, 0.25) is 5.15 Å². The van der Waals surface area contributed by atoms with E-state index in [1.54, 1.807) is 15.5 Å². The fourth-order valence-corrected chi connectivity index (χ4v) is 1.87. The fraction of sp³-hybridized carbons (Fsp3) is 0.455. The maximum atomic E-state index is 12.0. The fourth-order valence-electron chi connectivity index (χ4n) is 1.69. The molecule has 0 atom stereocenters. The first-order chi connectivity index (χ1) is 8.49. The molecule has 18 heavy (non-hydrogen) atoms. The first-order valence-electron chi connectivity index (χ1n) is 5.59. The topological polar surface area (TPSA) is 65.6 Å². The molecule has 0 aliphatic heterocycles. The zero-order valence-electron chi connectivity index (χ0n) is 10.5. The maximum Gasteiger partial charge on any atom is 0.255 e. The second-order valence-corrected chi connectivity index (χ2v) is 4.76. The minimum atomic E-state index is -0.179. The predicted octanol–water partition coefficient (Wildman–Crippen LogP) is 1.20. The smallest absolute Gasteiger partial charge is 0.255 e. The lowest BCUT2D eigenvalue weighted by molar-refractivity contribution is 0.594. The van der Waals surface area contributed by atoms with Crippen molar-refractivity contribution in [2.45, 2.75) is 26.3 Å². The highest BCUT2D eigenvalue weighted by Crippen LogP contribution is 2.13. The van der Waals surface area contributed by atoms with Crippen molar-refractivity contribution in [1.82, 2.24) is 24.3 Å². The number of hydrogen-bond donors (Lipinski definition) is 0. The summed E-state index contributed by atoms with van der Waals surface area (Å²) in [5.41, 5.74) is -0.179. The van der Waals surface area contributed by atoms with Crippen molar-refractivity contribution in [2.75, 3.05) is 0 Å². The van der Waals surface area contributed by atoms with Gasteiger partial charge in [0.25, 0.3) is 5.56 Å². The summed E-state index contributed by atoms with van der Waals surface area (Å²) in [7, 11) is 1.83. The van der Waals surface area contributed by atoms with E-state index in [9.17, 15) is 4.79 Å². The molecular weight excluding hydrogens is 254 g/mol. The van der Waals surface area contributed by atoms with Crippen LogP contribution >= 0.6 is 11.6 Å². The van der Waals surface area contributed by atoms with Crippen molar-refractivity contribution in [3.05, 3.63) is 39.5 Å². The molecule has 0 saturated carbocycles. The number of aromatic nitrogens is 5. The van der Waals surface area contributed by atoms with Gasteiger partial charge in [-0.3, -0.25) is 9.36 Å². The Morgan fingerprint density at radius 3 is 2.72 bits per heavy atom. The molecule has 0 aromatic carbocycles. The van der Waals surface area contributed by atoms with Gasteiger partial charge < -0.3 is 4.57 Å². The molecule has 0 bridgehead atoms. The summed E-state index contributed by atoms with van der Waals surface area (Å²) in [5, 5.41) is 7.98. The van der Waals surface area contributed by atoms with Gasteiger partial charge in [0.1, 0.15) is 17.3 Å². The summed E-state index contributed by atoms with van der Waals surface area (Å²) in [6, 6.07) is 1.31. The molecular formula is C11H14ClN5O. The molecule has 0 unspecified atom stereocenters. The Labute approximate surface area is 109 Å². The first-order valence-corrected chi connectivity index (χ1v) is 5.97. The van der Waals surface area contributed by atoms with Gasteiger partial charge in [-0.15, -0.1) is 10.2 Å². The van der Waals surface area contributed by atoms with Crippen LogP contribution in [0.3, 0.4) is 0 Å². The number of hydrogen-bond acceptors (Lipinski definition) is 4. The molecule has 2 heterocycles. The second kappa shape index (κ2) is 4.89. The zero-order chi connectivity index (χ0) is 13.3. The first kappa shape index (κ1) is 12.8. The Morgan fingerprint density at radius 1 is 1.44 bits per heavy atom. The van der Waals surface area contributed by atoms with Gasteiger partial charge in [-0.25, -0.2) is 4.98 Å². The van der Waals surface area contributed by atoms with Crippen LogP contribution < -0.4 is 5.56 Å². The average Bonchev–Trinajstić information content (AvgIpc) is 2.67. The summed E-state index contributed by atoms with van der Waals surface area (Å²) in [6.45, 7) is 4.27. The van der Waals surface area contributed by atoms with Gasteiger partial charge in [0.2, 0.25) is 0 Å². The molecule has 6 nitrogen and oxygen atoms in total. The van der Waals surface area contributed by atoms with E-state index >= 15 is 0 Å². The third kappa shape index (κ3) is 2.43. The molecule has 0 saturated heterocycles. The van der Waals surface area contributed by atoms with Crippen LogP contribution in [0.4, 0.5) is 0 Å². The van der Waals surface area contributed by atoms with E-state index in [2.05, 4.69) is 15.2 Å². The monoisotopic (exact) mass is 267 g/mol. The lowest BCUT2D eigenvalue weighted by atomic mass is 10.2. The van der Waals surface area contributed by atoms with Crippen molar-refractivity contribution in [1.29, 1.82) is 0 Å². The summed E-state index contributed by atoms with van der Waals surface area (Å²) in [4.78, 5) is 16.2. The van der Waals surface area contributed by atoms with Crippen LogP contribution in [0.15, 0.2) is 17.2 Å². The van der Waals surface area contributed by atoms with Crippen molar-refractivity contribution in [2.24, 2.45) is 7.05 Å². The number of nitrogens with zero attached hydrogens (tertiary/aromatic N) is 5. The van der Waals surface area contributed by atoms with Gasteiger partial charge >= 0.3 is 0 Å². The molecule has 0 fully saturated rings. The van der Waals surface area contributed by atoms with Crippen LogP contribution in [0.5, 0.6) is 0 Å². The quantitative estimate of drug-likeness (QED) is 0.784. The Hall–Kier alpha value is -1.69. The third-order valence-electron chi connectivity index (χ3n) is 2.63. The van der Waals surface area contributed by atoms with E-state index in [1.807, 2.05) is 20.9 Å². The molecule has 2 aromatic rings. The molecule has 0 aliphatic rings. The largest absolute Gasteiger partial charge is 0.319 e. The SMILES string of the molecule is CC(C)c1nc(Cl)cc(=O)n1Cc1nncn1C. The highest BCUT2D eigenvalue weighted by Gasteiger charge is 2.13. The van der Waals surface area contributed by atoms with E-state index in [0.717, 1.165) is 0 Å². The maximum absolute atomic E-state index is 12.0. The van der Waals surface area contributed by atoms with Gasteiger partial charge in [0.15, 0.2) is 5.82 Å². The van der Waals surface area contributed by atoms with E-state index in [4.69, 9.17) is 11.6 Å². The molecule has 7 heteroatoms. The Morgan fingerprint density at radius 2 is 2.17 bits per heavy atom. The predicted molar refractivity (Wildman–Crippen MR) is 67.7 cm³/mol. The second-order valence-electron chi connectivity index (χ2n) is 4.37. The minimum absolute atomic E-state index is 0.102.